The van der Waals surface area contributed by atoms with Crippen molar-refractivity contribution in [3.8, 4) is 0 Å². The minimum Gasteiger partial charge on any atom is -0.379 e. The fourth-order valence-corrected chi connectivity index (χ4v) is 3.96. The number of hydrogen-bond donors (Lipinski definition) is 1. The molecule has 2 aliphatic rings. The van der Waals surface area contributed by atoms with E-state index in [4.69, 9.17) is 9.72 Å². The molecule has 5 heteroatoms. The van der Waals surface area contributed by atoms with Crippen LogP contribution in [0.5, 0.6) is 0 Å². The number of hydrogen-bond acceptors (Lipinski definition) is 5. The molecule has 0 bridgehead atoms. The molecule has 2 heterocycles. The molecule has 1 aliphatic carbocycles. The van der Waals surface area contributed by atoms with Crippen LogP contribution in [0.2, 0.25) is 0 Å². The highest BCUT2D eigenvalue weighted by molar-refractivity contribution is 7.15. The average molecular weight is 309 g/mol. The van der Waals surface area contributed by atoms with Gasteiger partial charge in [-0.15, -0.1) is 11.3 Å². The van der Waals surface area contributed by atoms with Crippen molar-refractivity contribution in [1.29, 1.82) is 0 Å². The lowest BCUT2D eigenvalue weighted by Gasteiger charge is -2.22. The molecule has 1 aliphatic heterocycles. The summed E-state index contributed by atoms with van der Waals surface area (Å²) in [7, 11) is 2.16. The van der Waals surface area contributed by atoms with Gasteiger partial charge in [-0.1, -0.05) is 20.8 Å². The number of ether oxygens (including phenoxy) is 1. The Kier molecular flexibility index (Phi) is 4.26. The quantitative estimate of drug-likeness (QED) is 0.907. The molecule has 0 spiro atoms. The summed E-state index contributed by atoms with van der Waals surface area (Å²) in [5.74, 6) is 0. The van der Waals surface area contributed by atoms with E-state index in [9.17, 15) is 0 Å². The second-order valence-corrected chi connectivity index (χ2v) is 8.36. The van der Waals surface area contributed by atoms with E-state index in [1.54, 1.807) is 0 Å². The zero-order chi connectivity index (χ0) is 15.0. The second kappa shape index (κ2) is 5.86. The first-order chi connectivity index (χ1) is 9.95. The smallest absolute Gasteiger partial charge is 0.185 e. The number of likely N-dealkylation sites (N-methyl/N-ethyl adjacent to an activating group) is 1. The van der Waals surface area contributed by atoms with Gasteiger partial charge in [0.1, 0.15) is 0 Å². The predicted molar refractivity (Wildman–Crippen MR) is 88.3 cm³/mol. The largest absolute Gasteiger partial charge is 0.379 e. The van der Waals surface area contributed by atoms with E-state index in [0.717, 1.165) is 37.4 Å². The number of nitrogens with zero attached hydrogens (tertiary/aromatic N) is 2. The van der Waals surface area contributed by atoms with Crippen LogP contribution < -0.4 is 10.2 Å². The van der Waals surface area contributed by atoms with Crippen LogP contribution in [-0.2, 0) is 16.7 Å². The molecule has 1 unspecified atom stereocenters. The van der Waals surface area contributed by atoms with E-state index in [1.807, 2.05) is 11.3 Å². The number of anilines is 1. The Morgan fingerprint density at radius 3 is 2.67 bits per heavy atom. The van der Waals surface area contributed by atoms with E-state index in [2.05, 4.69) is 38.0 Å². The third kappa shape index (κ3) is 3.58. The predicted octanol–water partition coefficient (Wildman–Crippen LogP) is 2.92. The van der Waals surface area contributed by atoms with Gasteiger partial charge in [0, 0.05) is 36.5 Å². The maximum atomic E-state index is 5.51. The molecule has 3 rings (SSSR count). The minimum atomic E-state index is 0.0995. The summed E-state index contributed by atoms with van der Waals surface area (Å²) in [6.07, 6.45) is 3.77. The Labute approximate surface area is 131 Å². The fraction of sp³-hybridized carbons (Fsp3) is 0.812. The van der Waals surface area contributed by atoms with Crippen molar-refractivity contribution in [2.75, 3.05) is 25.2 Å². The van der Waals surface area contributed by atoms with Crippen molar-refractivity contribution in [3.05, 3.63) is 10.6 Å². The van der Waals surface area contributed by atoms with Crippen LogP contribution in [0.4, 0.5) is 5.13 Å². The standard InChI is InChI=1S/C16H27N3OS/c1-16(2,3)14-13(9-17-11-5-6-11)21-15(18-14)19(4)12-7-8-20-10-12/h11-12,17H,5-10H2,1-4H3. The van der Waals surface area contributed by atoms with Gasteiger partial charge in [0.15, 0.2) is 5.13 Å². The minimum absolute atomic E-state index is 0.0995. The second-order valence-electron chi connectivity index (χ2n) is 7.30. The molecule has 1 aromatic heterocycles. The zero-order valence-corrected chi connectivity index (χ0v) is 14.4. The highest BCUT2D eigenvalue weighted by Crippen LogP contribution is 2.35. The molecule has 21 heavy (non-hydrogen) atoms. The van der Waals surface area contributed by atoms with Crippen molar-refractivity contribution >= 4 is 16.5 Å². The van der Waals surface area contributed by atoms with E-state index < -0.39 is 0 Å². The molecule has 1 atom stereocenters. The lowest BCUT2D eigenvalue weighted by atomic mass is 9.91. The number of aromatic nitrogens is 1. The first-order valence-electron chi connectivity index (χ1n) is 7.99. The van der Waals surface area contributed by atoms with Gasteiger partial charge in [-0.2, -0.15) is 0 Å². The van der Waals surface area contributed by atoms with Crippen LogP contribution in [0.25, 0.3) is 0 Å². The zero-order valence-electron chi connectivity index (χ0n) is 13.6. The SMILES string of the molecule is CN(c1nc(C(C)(C)C)c(CNC2CC2)s1)C1CCOC1. The lowest BCUT2D eigenvalue weighted by molar-refractivity contribution is 0.193. The van der Waals surface area contributed by atoms with Gasteiger partial charge in [-0.05, 0) is 19.3 Å². The first kappa shape index (κ1) is 15.3. The molecular weight excluding hydrogens is 282 g/mol. The Balaban J connectivity index is 1.79. The van der Waals surface area contributed by atoms with Crippen LogP contribution in [0.15, 0.2) is 0 Å². The van der Waals surface area contributed by atoms with Crippen LogP contribution in [0.3, 0.4) is 0 Å². The third-order valence-corrected chi connectivity index (χ3v) is 5.43. The summed E-state index contributed by atoms with van der Waals surface area (Å²) in [6, 6.07) is 1.22. The summed E-state index contributed by atoms with van der Waals surface area (Å²) in [5.41, 5.74) is 1.35. The van der Waals surface area contributed by atoms with Crippen molar-refractivity contribution in [2.45, 2.75) is 64.1 Å². The van der Waals surface area contributed by atoms with E-state index in [1.165, 1.54) is 23.4 Å². The van der Waals surface area contributed by atoms with Gasteiger partial charge in [0.25, 0.3) is 0 Å². The summed E-state index contributed by atoms with van der Waals surface area (Å²) < 4.78 is 5.51. The van der Waals surface area contributed by atoms with E-state index >= 15 is 0 Å². The molecule has 4 nitrogen and oxygen atoms in total. The maximum Gasteiger partial charge on any atom is 0.185 e. The first-order valence-corrected chi connectivity index (χ1v) is 8.81. The molecule has 1 saturated heterocycles. The van der Waals surface area contributed by atoms with Gasteiger partial charge in [0.2, 0.25) is 0 Å². The molecule has 1 saturated carbocycles. The van der Waals surface area contributed by atoms with Crippen LogP contribution in [-0.4, -0.2) is 37.3 Å². The van der Waals surface area contributed by atoms with Crippen LogP contribution in [0.1, 0.15) is 50.6 Å². The molecule has 0 radical (unpaired) electrons. The number of thiazole rings is 1. The molecule has 1 N–H and O–H groups in total. The Bertz CT molecular complexity index is 484. The monoisotopic (exact) mass is 309 g/mol. The molecule has 1 aromatic rings. The summed E-state index contributed by atoms with van der Waals surface area (Å²) in [6.45, 7) is 9.44. The Hall–Kier alpha value is -0.650. The normalized spacial score (nSPS) is 22.8. The van der Waals surface area contributed by atoms with Crippen molar-refractivity contribution < 1.29 is 4.74 Å². The molecule has 0 aromatic carbocycles. The number of rotatable bonds is 5. The molecule has 0 amide bonds. The van der Waals surface area contributed by atoms with E-state index in [-0.39, 0.29) is 5.41 Å². The summed E-state index contributed by atoms with van der Waals surface area (Å²) in [4.78, 5) is 8.68. The van der Waals surface area contributed by atoms with Crippen molar-refractivity contribution in [2.24, 2.45) is 0 Å². The topological polar surface area (TPSA) is 37.4 Å². The van der Waals surface area contributed by atoms with Crippen LogP contribution in [0, 0.1) is 0 Å². The fourth-order valence-electron chi connectivity index (χ4n) is 2.70. The Morgan fingerprint density at radius 1 is 1.33 bits per heavy atom. The number of nitrogens with one attached hydrogen (secondary N) is 1. The van der Waals surface area contributed by atoms with Gasteiger partial charge < -0.3 is 15.0 Å². The van der Waals surface area contributed by atoms with Gasteiger partial charge in [-0.3, -0.25) is 0 Å². The van der Waals surface area contributed by atoms with Crippen LogP contribution >= 0.6 is 11.3 Å². The molecule has 2 fully saturated rings. The van der Waals surface area contributed by atoms with Gasteiger partial charge in [0.05, 0.1) is 18.3 Å². The highest BCUT2D eigenvalue weighted by atomic mass is 32.1. The Morgan fingerprint density at radius 2 is 2.10 bits per heavy atom. The lowest BCUT2D eigenvalue weighted by Crippen LogP contribution is -2.31. The van der Waals surface area contributed by atoms with Gasteiger partial charge >= 0.3 is 0 Å². The summed E-state index contributed by atoms with van der Waals surface area (Å²) >= 11 is 1.85. The molecular formula is C16H27N3OS. The molecule has 118 valence electrons. The third-order valence-electron chi connectivity index (χ3n) is 4.28. The average Bonchev–Trinajstić information content (AvgIpc) is 2.94. The summed E-state index contributed by atoms with van der Waals surface area (Å²) in [5, 5.41) is 4.78. The van der Waals surface area contributed by atoms with Gasteiger partial charge in [-0.25, -0.2) is 4.98 Å². The van der Waals surface area contributed by atoms with E-state index in [0.29, 0.717) is 6.04 Å². The maximum absolute atomic E-state index is 5.51. The van der Waals surface area contributed by atoms with Crippen molar-refractivity contribution in [3.63, 3.8) is 0 Å². The van der Waals surface area contributed by atoms with Crippen molar-refractivity contribution in [1.82, 2.24) is 10.3 Å². The highest BCUT2D eigenvalue weighted by Gasteiger charge is 2.29.